The fourth-order valence-electron chi connectivity index (χ4n) is 2.75. The van der Waals surface area contributed by atoms with E-state index >= 15 is 0 Å². The van der Waals surface area contributed by atoms with Crippen molar-refractivity contribution in [1.82, 2.24) is 0 Å². The first-order valence-corrected chi connectivity index (χ1v) is 8.14. The monoisotopic (exact) mass is 287 g/mol. The molecular formula is C17H18FNS. The lowest BCUT2D eigenvalue weighted by Gasteiger charge is -2.37. The zero-order valence-electron chi connectivity index (χ0n) is 11.5. The molecule has 1 N–H and O–H groups in total. The molecule has 1 saturated carbocycles. The van der Waals surface area contributed by atoms with E-state index in [4.69, 9.17) is 0 Å². The number of hydrogen-bond donors (Lipinski definition) is 1. The van der Waals surface area contributed by atoms with Crippen molar-refractivity contribution in [2.24, 2.45) is 0 Å². The number of hydrogen-bond acceptors (Lipinski definition) is 2. The van der Waals surface area contributed by atoms with Gasteiger partial charge in [-0.15, -0.1) is 11.8 Å². The largest absolute Gasteiger partial charge is 0.381 e. The Morgan fingerprint density at radius 2 is 1.90 bits per heavy atom. The van der Waals surface area contributed by atoms with Crippen molar-refractivity contribution in [1.29, 1.82) is 0 Å². The Bertz CT molecular complexity index is 593. The lowest BCUT2D eigenvalue weighted by molar-refractivity contribution is 0.372. The van der Waals surface area contributed by atoms with E-state index in [1.54, 1.807) is 23.9 Å². The Kier molecular flexibility index (Phi) is 3.97. The molecule has 20 heavy (non-hydrogen) atoms. The van der Waals surface area contributed by atoms with Gasteiger partial charge in [-0.05, 0) is 54.8 Å². The summed E-state index contributed by atoms with van der Waals surface area (Å²) in [5, 5.41) is 3.60. The summed E-state index contributed by atoms with van der Waals surface area (Å²) in [4.78, 5) is 1.28. The first-order valence-electron chi connectivity index (χ1n) is 6.91. The molecule has 0 aromatic heterocycles. The van der Waals surface area contributed by atoms with Gasteiger partial charge in [0, 0.05) is 16.6 Å². The van der Waals surface area contributed by atoms with Gasteiger partial charge in [-0.1, -0.05) is 24.3 Å². The molecule has 0 unspecified atom stereocenters. The van der Waals surface area contributed by atoms with Crippen molar-refractivity contribution in [2.75, 3.05) is 11.6 Å². The molecule has 1 aliphatic carbocycles. The van der Waals surface area contributed by atoms with E-state index < -0.39 is 0 Å². The average molecular weight is 287 g/mol. The normalized spacial score (nSPS) is 21.3. The number of anilines is 1. The van der Waals surface area contributed by atoms with Crippen LogP contribution in [0.5, 0.6) is 0 Å². The molecule has 3 rings (SSSR count). The van der Waals surface area contributed by atoms with Crippen LogP contribution in [0.2, 0.25) is 0 Å². The summed E-state index contributed by atoms with van der Waals surface area (Å²) in [7, 11) is 0. The summed E-state index contributed by atoms with van der Waals surface area (Å²) in [5.41, 5.74) is 2.34. The maximum absolute atomic E-state index is 13.2. The van der Waals surface area contributed by atoms with Crippen molar-refractivity contribution in [3.63, 3.8) is 0 Å². The summed E-state index contributed by atoms with van der Waals surface area (Å²) in [6.07, 6.45) is 4.25. The second-order valence-corrected chi connectivity index (χ2v) is 6.11. The summed E-state index contributed by atoms with van der Waals surface area (Å²) < 4.78 is 13.2. The number of thioether (sulfide) groups is 1. The first-order chi connectivity index (χ1) is 9.76. The lowest BCUT2D eigenvalue weighted by atomic mass is 9.76. The minimum absolute atomic E-state index is 0.133. The third-order valence-corrected chi connectivity index (χ3v) is 4.72. The van der Waals surface area contributed by atoms with E-state index in [1.165, 1.54) is 16.6 Å². The minimum Gasteiger partial charge on any atom is -0.381 e. The number of para-hydroxylation sites is 1. The van der Waals surface area contributed by atoms with Gasteiger partial charge in [-0.25, -0.2) is 4.39 Å². The number of nitrogens with one attached hydrogen (secondary N) is 1. The maximum Gasteiger partial charge on any atom is 0.123 e. The molecule has 0 amide bonds. The van der Waals surface area contributed by atoms with E-state index in [9.17, 15) is 4.39 Å². The molecule has 2 aromatic carbocycles. The van der Waals surface area contributed by atoms with E-state index in [0.29, 0.717) is 12.0 Å². The summed E-state index contributed by atoms with van der Waals surface area (Å²) in [5.74, 6) is 0.358. The second-order valence-electron chi connectivity index (χ2n) is 5.26. The molecular weight excluding hydrogens is 269 g/mol. The smallest absolute Gasteiger partial charge is 0.123 e. The van der Waals surface area contributed by atoms with Gasteiger partial charge in [-0.2, -0.15) is 0 Å². The van der Waals surface area contributed by atoms with Crippen LogP contribution in [-0.2, 0) is 0 Å². The van der Waals surface area contributed by atoms with Crippen LogP contribution in [0.25, 0.3) is 0 Å². The van der Waals surface area contributed by atoms with Gasteiger partial charge >= 0.3 is 0 Å². The molecule has 0 radical (unpaired) electrons. The fraction of sp³-hybridized carbons (Fsp3) is 0.294. The molecule has 0 atom stereocenters. The predicted molar refractivity (Wildman–Crippen MR) is 84.0 cm³/mol. The topological polar surface area (TPSA) is 12.0 Å². The van der Waals surface area contributed by atoms with Crippen LogP contribution in [0.1, 0.15) is 24.3 Å². The Morgan fingerprint density at radius 3 is 2.65 bits per heavy atom. The van der Waals surface area contributed by atoms with Gasteiger partial charge in [0.05, 0.1) is 0 Å². The van der Waals surface area contributed by atoms with Gasteiger partial charge in [0.25, 0.3) is 0 Å². The van der Waals surface area contributed by atoms with Crippen molar-refractivity contribution < 1.29 is 4.39 Å². The quantitative estimate of drug-likeness (QED) is 0.802. The zero-order valence-corrected chi connectivity index (χ0v) is 12.3. The molecule has 1 fully saturated rings. The SMILES string of the molecule is CSc1ccccc1NC1CC(c2cccc(F)c2)C1. The van der Waals surface area contributed by atoms with Gasteiger partial charge < -0.3 is 5.32 Å². The molecule has 1 nitrogen and oxygen atoms in total. The highest BCUT2D eigenvalue weighted by molar-refractivity contribution is 7.98. The van der Waals surface area contributed by atoms with Crippen molar-refractivity contribution >= 4 is 17.4 Å². The highest BCUT2D eigenvalue weighted by atomic mass is 32.2. The molecule has 2 aromatic rings. The maximum atomic E-state index is 13.2. The molecule has 0 bridgehead atoms. The first kappa shape index (κ1) is 13.5. The van der Waals surface area contributed by atoms with E-state index in [0.717, 1.165) is 18.4 Å². The van der Waals surface area contributed by atoms with Crippen LogP contribution in [0.3, 0.4) is 0 Å². The molecule has 104 valence electrons. The molecule has 1 aliphatic rings. The summed E-state index contributed by atoms with van der Waals surface area (Å²) in [6, 6.07) is 15.9. The van der Waals surface area contributed by atoms with Crippen LogP contribution in [0.15, 0.2) is 53.4 Å². The molecule has 0 heterocycles. The van der Waals surface area contributed by atoms with Gasteiger partial charge in [-0.3, -0.25) is 0 Å². The average Bonchev–Trinajstić information content (AvgIpc) is 2.42. The summed E-state index contributed by atoms with van der Waals surface area (Å²) >= 11 is 1.76. The Labute approximate surface area is 123 Å². The molecule has 0 saturated heterocycles. The number of halogens is 1. The molecule has 0 spiro atoms. The zero-order chi connectivity index (χ0) is 13.9. The number of benzene rings is 2. The Hall–Kier alpha value is -1.48. The molecule has 3 heteroatoms. The van der Waals surface area contributed by atoms with Crippen molar-refractivity contribution in [2.45, 2.75) is 29.7 Å². The van der Waals surface area contributed by atoms with E-state index in [2.05, 4.69) is 35.8 Å². The van der Waals surface area contributed by atoms with Gasteiger partial charge in [0.1, 0.15) is 5.82 Å². The minimum atomic E-state index is -0.133. The van der Waals surface area contributed by atoms with Crippen LogP contribution < -0.4 is 5.32 Å². The van der Waals surface area contributed by atoms with Crippen molar-refractivity contribution in [3.05, 3.63) is 59.9 Å². The van der Waals surface area contributed by atoms with E-state index in [-0.39, 0.29) is 5.82 Å². The highest BCUT2D eigenvalue weighted by Crippen LogP contribution is 2.39. The molecule has 0 aliphatic heterocycles. The number of rotatable bonds is 4. The Balaban J connectivity index is 1.61. The van der Waals surface area contributed by atoms with Crippen LogP contribution in [0.4, 0.5) is 10.1 Å². The van der Waals surface area contributed by atoms with Gasteiger partial charge in [0.2, 0.25) is 0 Å². The van der Waals surface area contributed by atoms with Crippen LogP contribution in [0, 0.1) is 5.82 Å². The third-order valence-electron chi connectivity index (χ3n) is 3.92. The second kappa shape index (κ2) is 5.88. The standard InChI is InChI=1S/C17H18FNS/c1-20-17-8-3-2-7-16(17)19-15-10-13(11-15)12-5-4-6-14(18)9-12/h2-9,13,15,19H,10-11H2,1H3. The van der Waals surface area contributed by atoms with Crippen molar-refractivity contribution in [3.8, 4) is 0 Å². The Morgan fingerprint density at radius 1 is 1.10 bits per heavy atom. The fourth-order valence-corrected chi connectivity index (χ4v) is 3.31. The van der Waals surface area contributed by atoms with E-state index in [1.807, 2.05) is 6.07 Å². The highest BCUT2D eigenvalue weighted by Gasteiger charge is 2.30. The predicted octanol–water partition coefficient (Wildman–Crippen LogP) is 4.91. The van der Waals surface area contributed by atoms with Gasteiger partial charge in [0.15, 0.2) is 0 Å². The summed E-state index contributed by atoms with van der Waals surface area (Å²) in [6.45, 7) is 0. The third kappa shape index (κ3) is 2.83. The van der Waals surface area contributed by atoms with Crippen LogP contribution in [-0.4, -0.2) is 12.3 Å². The van der Waals surface area contributed by atoms with Crippen LogP contribution >= 0.6 is 11.8 Å². The lowest BCUT2D eigenvalue weighted by Crippen LogP contribution is -2.34.